The summed E-state index contributed by atoms with van der Waals surface area (Å²) in [4.78, 5) is 25.5. The van der Waals surface area contributed by atoms with Crippen molar-refractivity contribution in [2.24, 2.45) is 5.16 Å². The van der Waals surface area contributed by atoms with Crippen molar-refractivity contribution in [1.82, 2.24) is 19.9 Å². The third-order valence-corrected chi connectivity index (χ3v) is 5.85. The van der Waals surface area contributed by atoms with Crippen molar-refractivity contribution < 1.29 is 9.63 Å². The van der Waals surface area contributed by atoms with Gasteiger partial charge in [-0.15, -0.1) is 0 Å². The van der Waals surface area contributed by atoms with Crippen LogP contribution in [0.4, 0.5) is 4.79 Å². The van der Waals surface area contributed by atoms with Gasteiger partial charge in [0.25, 0.3) is 0 Å². The van der Waals surface area contributed by atoms with Gasteiger partial charge in [0.05, 0.1) is 17.6 Å². The Morgan fingerprint density at radius 3 is 2.39 bits per heavy atom. The molecule has 0 unspecified atom stereocenters. The maximum atomic E-state index is 11.8. The fraction of sp³-hybridized carbons (Fsp3) is 0.241. The van der Waals surface area contributed by atoms with E-state index in [0.29, 0.717) is 6.54 Å². The first-order valence-corrected chi connectivity index (χ1v) is 12.3. The number of carbonyl (C=O) groups is 1. The monoisotopic (exact) mass is 481 g/mol. The summed E-state index contributed by atoms with van der Waals surface area (Å²) < 4.78 is 2.33. The van der Waals surface area contributed by atoms with Crippen LogP contribution in [0.1, 0.15) is 37.1 Å². The molecule has 7 heteroatoms. The third-order valence-electron chi connectivity index (χ3n) is 5.85. The van der Waals surface area contributed by atoms with Crippen molar-refractivity contribution in [3.8, 4) is 22.5 Å². The number of unbranched alkanes of at least 4 members (excludes halogenated alkanes) is 3. The molecule has 36 heavy (non-hydrogen) atoms. The molecule has 1 amide bonds. The van der Waals surface area contributed by atoms with E-state index >= 15 is 0 Å². The molecular weight excluding hydrogens is 450 g/mol. The van der Waals surface area contributed by atoms with Crippen LogP contribution in [-0.4, -0.2) is 33.4 Å². The molecule has 0 atom stereocenters. The molecule has 2 heterocycles. The van der Waals surface area contributed by atoms with Gasteiger partial charge in [-0.3, -0.25) is 9.82 Å². The largest absolute Gasteiger partial charge is 0.433 e. The molecule has 7 nitrogen and oxygen atoms in total. The SMILES string of the molecule is Cc1nc(-c2ccccc2)c(-c2ccccc2)n1CCCCCCNC(=O)O/N=C/c1cccnc1. The summed E-state index contributed by atoms with van der Waals surface area (Å²) in [7, 11) is 0. The number of pyridine rings is 1. The Bertz CT molecular complexity index is 1260. The van der Waals surface area contributed by atoms with Crippen molar-refractivity contribution in [3.63, 3.8) is 0 Å². The van der Waals surface area contributed by atoms with Gasteiger partial charge in [0.2, 0.25) is 0 Å². The summed E-state index contributed by atoms with van der Waals surface area (Å²) in [5.41, 5.74) is 5.25. The summed E-state index contributed by atoms with van der Waals surface area (Å²) in [6, 6.07) is 24.4. The highest BCUT2D eigenvalue weighted by Crippen LogP contribution is 2.33. The molecule has 0 aliphatic heterocycles. The Morgan fingerprint density at radius 2 is 1.67 bits per heavy atom. The highest BCUT2D eigenvalue weighted by molar-refractivity contribution is 5.80. The van der Waals surface area contributed by atoms with Gasteiger partial charge in [-0.25, -0.2) is 9.78 Å². The van der Waals surface area contributed by atoms with E-state index in [-0.39, 0.29) is 0 Å². The summed E-state index contributed by atoms with van der Waals surface area (Å²) in [5, 5.41) is 6.42. The lowest BCUT2D eigenvalue weighted by Crippen LogP contribution is -2.23. The fourth-order valence-corrected chi connectivity index (χ4v) is 4.08. The van der Waals surface area contributed by atoms with Gasteiger partial charge in [-0.1, -0.05) is 84.7 Å². The van der Waals surface area contributed by atoms with Gasteiger partial charge in [0.1, 0.15) is 5.82 Å². The van der Waals surface area contributed by atoms with Crippen LogP contribution in [0.15, 0.2) is 90.3 Å². The van der Waals surface area contributed by atoms with Crippen LogP contribution in [0, 0.1) is 6.92 Å². The highest BCUT2D eigenvalue weighted by Gasteiger charge is 2.17. The second-order valence-corrected chi connectivity index (χ2v) is 8.48. The maximum absolute atomic E-state index is 11.8. The molecule has 2 aromatic heterocycles. The number of amides is 1. The molecule has 0 aliphatic rings. The molecule has 4 aromatic rings. The number of aromatic nitrogens is 3. The first-order chi connectivity index (χ1) is 17.7. The lowest BCUT2D eigenvalue weighted by molar-refractivity contribution is 0.151. The second kappa shape index (κ2) is 13.0. The summed E-state index contributed by atoms with van der Waals surface area (Å²) in [5.74, 6) is 1.02. The Kier molecular flexibility index (Phi) is 8.97. The molecule has 0 aliphatic carbocycles. The average molecular weight is 482 g/mol. The minimum atomic E-state index is -0.551. The number of rotatable bonds is 11. The zero-order valence-corrected chi connectivity index (χ0v) is 20.5. The van der Waals surface area contributed by atoms with Crippen molar-refractivity contribution >= 4 is 12.3 Å². The van der Waals surface area contributed by atoms with Gasteiger partial charge in [0.15, 0.2) is 0 Å². The van der Waals surface area contributed by atoms with Crippen LogP contribution in [-0.2, 0) is 11.4 Å². The number of oxime groups is 1. The standard InChI is InChI=1S/C29H31N5O2/c1-23-33-27(25-14-6-4-7-15-25)28(26-16-8-5-9-17-26)34(23)20-11-3-2-10-19-31-29(35)36-32-22-24-13-12-18-30-21-24/h4-9,12-18,21-22H,2-3,10-11,19-20H2,1H3,(H,31,35)/b32-22+. The molecule has 0 saturated carbocycles. The van der Waals surface area contributed by atoms with E-state index in [9.17, 15) is 4.79 Å². The van der Waals surface area contributed by atoms with E-state index in [1.807, 2.05) is 18.2 Å². The number of benzene rings is 2. The topological polar surface area (TPSA) is 81.4 Å². The third kappa shape index (κ3) is 6.88. The maximum Gasteiger partial charge on any atom is 0.433 e. The van der Waals surface area contributed by atoms with E-state index < -0.39 is 6.09 Å². The van der Waals surface area contributed by atoms with E-state index in [1.165, 1.54) is 11.8 Å². The Labute approximate surface area is 211 Å². The molecule has 0 spiro atoms. The summed E-state index contributed by atoms with van der Waals surface area (Å²) in [6.45, 7) is 3.53. The second-order valence-electron chi connectivity index (χ2n) is 8.48. The zero-order valence-electron chi connectivity index (χ0n) is 20.5. The minimum absolute atomic E-state index is 0.551. The van der Waals surface area contributed by atoms with Crippen LogP contribution in [0.25, 0.3) is 22.5 Å². The Balaban J connectivity index is 1.25. The number of nitrogens with zero attached hydrogens (tertiary/aromatic N) is 4. The lowest BCUT2D eigenvalue weighted by Gasteiger charge is -2.12. The predicted octanol–water partition coefficient (Wildman–Crippen LogP) is 6.24. The molecule has 2 aromatic carbocycles. The lowest BCUT2D eigenvalue weighted by atomic mass is 10.0. The van der Waals surface area contributed by atoms with Gasteiger partial charge in [-0.2, -0.15) is 0 Å². The number of aryl methyl sites for hydroxylation is 1. The Morgan fingerprint density at radius 1 is 0.944 bits per heavy atom. The molecule has 1 N–H and O–H groups in total. The summed E-state index contributed by atoms with van der Waals surface area (Å²) in [6.07, 6.45) is 8.20. The van der Waals surface area contributed by atoms with Crippen LogP contribution in [0.2, 0.25) is 0 Å². The number of imidazole rings is 1. The van der Waals surface area contributed by atoms with Crippen LogP contribution in [0.3, 0.4) is 0 Å². The normalized spacial score (nSPS) is 11.0. The van der Waals surface area contributed by atoms with Crippen molar-refractivity contribution in [3.05, 3.63) is 96.6 Å². The molecule has 184 valence electrons. The number of carbonyl (C=O) groups excluding carboxylic acids is 1. The van der Waals surface area contributed by atoms with Crippen molar-refractivity contribution in [2.75, 3.05) is 6.54 Å². The van der Waals surface area contributed by atoms with Crippen LogP contribution in [0.5, 0.6) is 0 Å². The van der Waals surface area contributed by atoms with E-state index in [1.54, 1.807) is 18.5 Å². The molecule has 0 fully saturated rings. The first-order valence-electron chi connectivity index (χ1n) is 12.3. The molecule has 0 saturated heterocycles. The van der Waals surface area contributed by atoms with E-state index in [4.69, 9.17) is 9.82 Å². The van der Waals surface area contributed by atoms with Gasteiger partial charge in [-0.05, 0) is 25.8 Å². The highest BCUT2D eigenvalue weighted by atomic mass is 16.7. The van der Waals surface area contributed by atoms with Crippen molar-refractivity contribution in [2.45, 2.75) is 39.2 Å². The van der Waals surface area contributed by atoms with E-state index in [2.05, 4.69) is 75.5 Å². The van der Waals surface area contributed by atoms with Gasteiger partial charge >= 0.3 is 6.09 Å². The van der Waals surface area contributed by atoms with Crippen molar-refractivity contribution in [1.29, 1.82) is 0 Å². The zero-order chi connectivity index (χ0) is 25.0. The smallest absolute Gasteiger partial charge is 0.328 e. The van der Waals surface area contributed by atoms with Gasteiger partial charge < -0.3 is 9.88 Å². The van der Waals surface area contributed by atoms with Crippen LogP contribution >= 0.6 is 0 Å². The van der Waals surface area contributed by atoms with Gasteiger partial charge in [0, 0.05) is 42.2 Å². The van der Waals surface area contributed by atoms with Crippen LogP contribution < -0.4 is 5.32 Å². The first kappa shape index (κ1) is 24.9. The quantitative estimate of drug-likeness (QED) is 0.119. The Hall–Kier alpha value is -4.26. The number of hydrogen-bond acceptors (Lipinski definition) is 5. The summed E-state index contributed by atoms with van der Waals surface area (Å²) >= 11 is 0. The average Bonchev–Trinajstić information content (AvgIpc) is 3.25. The fourth-order valence-electron chi connectivity index (χ4n) is 4.08. The molecule has 0 radical (unpaired) electrons. The number of nitrogens with one attached hydrogen (secondary N) is 1. The molecule has 0 bridgehead atoms. The minimum Gasteiger partial charge on any atom is -0.328 e. The molecule has 4 rings (SSSR count). The van der Waals surface area contributed by atoms with E-state index in [0.717, 1.165) is 60.6 Å². The number of hydrogen-bond donors (Lipinski definition) is 1. The predicted molar refractivity (Wildman–Crippen MR) is 143 cm³/mol. The molecular formula is C29H31N5O2.